The zero-order valence-corrected chi connectivity index (χ0v) is 12.6. The number of hydrogen-bond donors (Lipinski definition) is 1. The van der Waals surface area contributed by atoms with Crippen LogP contribution in [0.4, 0.5) is 4.39 Å². The van der Waals surface area contributed by atoms with Crippen LogP contribution >= 0.6 is 0 Å². The fourth-order valence-electron chi connectivity index (χ4n) is 2.50. The minimum absolute atomic E-state index is 0.0220. The van der Waals surface area contributed by atoms with E-state index in [1.165, 1.54) is 12.1 Å². The Labute approximate surface area is 126 Å². The van der Waals surface area contributed by atoms with Crippen LogP contribution in [0.25, 0.3) is 0 Å². The van der Waals surface area contributed by atoms with Crippen molar-refractivity contribution in [2.75, 3.05) is 13.7 Å². The Kier molecular flexibility index (Phi) is 5.90. The molecule has 0 amide bonds. The number of benzene rings is 2. The molecule has 21 heavy (non-hydrogen) atoms. The summed E-state index contributed by atoms with van der Waals surface area (Å²) in [6.45, 7) is 2.65. The number of nitrogens with one attached hydrogen (secondary N) is 1. The average molecular weight is 287 g/mol. The maximum Gasteiger partial charge on any atom is 0.123 e. The number of halogens is 1. The standard InChI is InChI=1S/C18H22FNO/c1-3-21-18(15-7-5-4-6-8-15)17(20-2)13-14-9-11-16(19)12-10-14/h4-12,17-18,20H,3,13H2,1-2H3. The largest absolute Gasteiger partial charge is 0.372 e. The molecule has 0 aromatic heterocycles. The average Bonchev–Trinajstić information content (AvgIpc) is 2.53. The van der Waals surface area contributed by atoms with E-state index in [1.54, 1.807) is 0 Å². The van der Waals surface area contributed by atoms with E-state index < -0.39 is 0 Å². The SMILES string of the molecule is CCOC(c1ccccc1)C(Cc1ccc(F)cc1)NC. The van der Waals surface area contributed by atoms with E-state index in [-0.39, 0.29) is 18.0 Å². The third kappa shape index (κ3) is 4.38. The maximum atomic E-state index is 13.0. The highest BCUT2D eigenvalue weighted by Crippen LogP contribution is 2.23. The van der Waals surface area contributed by atoms with Crippen molar-refractivity contribution < 1.29 is 9.13 Å². The smallest absolute Gasteiger partial charge is 0.123 e. The minimum Gasteiger partial charge on any atom is -0.372 e. The summed E-state index contributed by atoms with van der Waals surface area (Å²) in [4.78, 5) is 0. The van der Waals surface area contributed by atoms with Gasteiger partial charge in [0.25, 0.3) is 0 Å². The van der Waals surface area contributed by atoms with Crippen LogP contribution in [0.2, 0.25) is 0 Å². The Balaban J connectivity index is 2.17. The summed E-state index contributed by atoms with van der Waals surface area (Å²) >= 11 is 0. The van der Waals surface area contributed by atoms with E-state index in [0.29, 0.717) is 6.61 Å². The van der Waals surface area contributed by atoms with Gasteiger partial charge in [0.15, 0.2) is 0 Å². The molecule has 2 unspecified atom stereocenters. The summed E-state index contributed by atoms with van der Waals surface area (Å²) < 4.78 is 19.0. The van der Waals surface area contributed by atoms with Crippen molar-refractivity contribution in [3.8, 4) is 0 Å². The number of likely N-dealkylation sites (N-methyl/N-ethyl adjacent to an activating group) is 1. The molecule has 2 aromatic carbocycles. The lowest BCUT2D eigenvalue weighted by Crippen LogP contribution is -2.35. The predicted octanol–water partition coefficient (Wildman–Crippen LogP) is 3.73. The molecule has 3 heteroatoms. The normalized spacial score (nSPS) is 13.9. The molecule has 0 radical (unpaired) electrons. The van der Waals surface area contributed by atoms with E-state index in [9.17, 15) is 4.39 Å². The Bertz CT molecular complexity index is 527. The summed E-state index contributed by atoms with van der Waals surface area (Å²) in [5.41, 5.74) is 2.25. The van der Waals surface area contributed by atoms with E-state index in [0.717, 1.165) is 17.5 Å². The first-order chi connectivity index (χ1) is 10.2. The molecule has 0 aliphatic heterocycles. The predicted molar refractivity (Wildman–Crippen MR) is 83.8 cm³/mol. The summed E-state index contributed by atoms with van der Waals surface area (Å²) in [6.07, 6.45) is 0.766. The van der Waals surface area contributed by atoms with Gasteiger partial charge in [-0.15, -0.1) is 0 Å². The van der Waals surface area contributed by atoms with E-state index in [4.69, 9.17) is 4.74 Å². The van der Waals surface area contributed by atoms with E-state index >= 15 is 0 Å². The second-order valence-corrected chi connectivity index (χ2v) is 5.01. The van der Waals surface area contributed by atoms with E-state index in [2.05, 4.69) is 17.4 Å². The fraction of sp³-hybridized carbons (Fsp3) is 0.333. The molecule has 0 bridgehead atoms. The van der Waals surface area contributed by atoms with Gasteiger partial charge in [-0.05, 0) is 43.7 Å². The molecule has 2 aromatic rings. The van der Waals surface area contributed by atoms with Gasteiger partial charge in [0.2, 0.25) is 0 Å². The van der Waals surface area contributed by atoms with Gasteiger partial charge in [-0.25, -0.2) is 4.39 Å². The molecule has 2 rings (SSSR count). The first-order valence-electron chi connectivity index (χ1n) is 7.33. The Morgan fingerprint density at radius 1 is 1.05 bits per heavy atom. The summed E-state index contributed by atoms with van der Waals surface area (Å²) in [7, 11) is 1.93. The molecule has 2 nitrogen and oxygen atoms in total. The molecule has 0 spiro atoms. The van der Waals surface area contributed by atoms with Crippen LogP contribution in [0.1, 0.15) is 24.2 Å². The minimum atomic E-state index is -0.204. The highest BCUT2D eigenvalue weighted by molar-refractivity contribution is 5.22. The van der Waals surface area contributed by atoms with Gasteiger partial charge < -0.3 is 10.1 Å². The molecule has 0 saturated heterocycles. The van der Waals surface area contributed by atoms with Crippen molar-refractivity contribution in [1.82, 2.24) is 5.32 Å². The monoisotopic (exact) mass is 287 g/mol. The summed E-state index contributed by atoms with van der Waals surface area (Å²) in [5, 5.41) is 3.33. The highest BCUT2D eigenvalue weighted by Gasteiger charge is 2.22. The van der Waals surface area contributed by atoms with Gasteiger partial charge in [0, 0.05) is 12.6 Å². The molecule has 1 N–H and O–H groups in total. The second kappa shape index (κ2) is 7.91. The van der Waals surface area contributed by atoms with Gasteiger partial charge in [-0.2, -0.15) is 0 Å². The fourth-order valence-corrected chi connectivity index (χ4v) is 2.50. The Hall–Kier alpha value is -1.71. The van der Waals surface area contributed by atoms with Crippen molar-refractivity contribution in [3.63, 3.8) is 0 Å². The first-order valence-corrected chi connectivity index (χ1v) is 7.33. The van der Waals surface area contributed by atoms with Gasteiger partial charge in [-0.1, -0.05) is 42.5 Å². The number of ether oxygens (including phenoxy) is 1. The zero-order chi connectivity index (χ0) is 15.1. The number of rotatable bonds is 7. The lowest BCUT2D eigenvalue weighted by Gasteiger charge is -2.27. The molecule has 0 fully saturated rings. The maximum absolute atomic E-state index is 13.0. The van der Waals surface area contributed by atoms with Crippen molar-refractivity contribution in [3.05, 3.63) is 71.5 Å². The van der Waals surface area contributed by atoms with Crippen molar-refractivity contribution >= 4 is 0 Å². The van der Waals surface area contributed by atoms with Crippen LogP contribution in [0.5, 0.6) is 0 Å². The van der Waals surface area contributed by atoms with Crippen LogP contribution in [-0.2, 0) is 11.2 Å². The molecular formula is C18H22FNO. The molecule has 0 aliphatic carbocycles. The van der Waals surface area contributed by atoms with Gasteiger partial charge in [0.05, 0.1) is 6.10 Å². The van der Waals surface area contributed by atoms with Crippen LogP contribution in [0, 0.1) is 5.82 Å². The Morgan fingerprint density at radius 3 is 2.29 bits per heavy atom. The van der Waals surface area contributed by atoms with Crippen LogP contribution < -0.4 is 5.32 Å². The van der Waals surface area contributed by atoms with Gasteiger partial charge >= 0.3 is 0 Å². The lowest BCUT2D eigenvalue weighted by atomic mass is 9.96. The summed E-state index contributed by atoms with van der Waals surface area (Å²) in [6, 6.07) is 17.0. The molecule has 2 atom stereocenters. The topological polar surface area (TPSA) is 21.3 Å². The quantitative estimate of drug-likeness (QED) is 0.837. The third-order valence-corrected chi connectivity index (χ3v) is 3.58. The third-order valence-electron chi connectivity index (χ3n) is 3.58. The number of hydrogen-bond acceptors (Lipinski definition) is 2. The summed E-state index contributed by atoms with van der Waals surface area (Å²) in [5.74, 6) is -0.204. The molecule has 112 valence electrons. The molecular weight excluding hydrogens is 265 g/mol. The molecule has 0 saturated carbocycles. The Morgan fingerprint density at radius 2 is 1.71 bits per heavy atom. The van der Waals surface area contributed by atoms with Crippen LogP contribution in [0.3, 0.4) is 0 Å². The van der Waals surface area contributed by atoms with Crippen molar-refractivity contribution in [2.24, 2.45) is 0 Å². The zero-order valence-electron chi connectivity index (χ0n) is 12.6. The molecule has 0 heterocycles. The van der Waals surface area contributed by atoms with Crippen molar-refractivity contribution in [2.45, 2.75) is 25.5 Å². The van der Waals surface area contributed by atoms with Gasteiger partial charge in [-0.3, -0.25) is 0 Å². The van der Waals surface area contributed by atoms with Crippen LogP contribution in [-0.4, -0.2) is 19.7 Å². The van der Waals surface area contributed by atoms with Crippen molar-refractivity contribution in [1.29, 1.82) is 0 Å². The van der Waals surface area contributed by atoms with Gasteiger partial charge in [0.1, 0.15) is 5.82 Å². The van der Waals surface area contributed by atoms with E-state index in [1.807, 2.05) is 44.3 Å². The second-order valence-electron chi connectivity index (χ2n) is 5.01. The van der Waals surface area contributed by atoms with Crippen LogP contribution in [0.15, 0.2) is 54.6 Å². The first kappa shape index (κ1) is 15.7. The molecule has 0 aliphatic rings. The lowest BCUT2D eigenvalue weighted by molar-refractivity contribution is 0.0352. The highest BCUT2D eigenvalue weighted by atomic mass is 19.1.